The van der Waals surface area contributed by atoms with Gasteiger partial charge in [-0.15, -0.1) is 21.5 Å². The van der Waals surface area contributed by atoms with Crippen LogP contribution in [0.5, 0.6) is 0 Å². The van der Waals surface area contributed by atoms with Gasteiger partial charge in [-0.1, -0.05) is 30.0 Å². The first kappa shape index (κ1) is 19.3. The second kappa shape index (κ2) is 8.49. The van der Waals surface area contributed by atoms with Crippen LogP contribution in [-0.2, 0) is 11.3 Å². The van der Waals surface area contributed by atoms with Gasteiger partial charge in [0.2, 0.25) is 5.91 Å². The molecule has 1 aromatic carbocycles. The molecule has 1 unspecified atom stereocenters. The number of nitrogens with one attached hydrogen (secondary N) is 1. The second-order valence-electron chi connectivity index (χ2n) is 5.88. The molecule has 1 N–H and O–H groups in total. The zero-order valence-corrected chi connectivity index (χ0v) is 16.9. The molecule has 140 valence electrons. The van der Waals surface area contributed by atoms with Crippen molar-refractivity contribution in [3.63, 3.8) is 0 Å². The van der Waals surface area contributed by atoms with Crippen LogP contribution in [0.25, 0.3) is 10.7 Å². The molecule has 0 radical (unpaired) electrons. The lowest BCUT2D eigenvalue weighted by molar-refractivity contribution is -0.115. The fraction of sp³-hybridized carbons (Fsp3) is 0.263. The van der Waals surface area contributed by atoms with E-state index < -0.39 is 5.25 Å². The largest absolute Gasteiger partial charge is 0.324 e. The minimum absolute atomic E-state index is 0.0856. The van der Waals surface area contributed by atoms with Crippen LogP contribution in [0.15, 0.2) is 46.9 Å². The Morgan fingerprint density at radius 1 is 1.22 bits per heavy atom. The van der Waals surface area contributed by atoms with E-state index in [2.05, 4.69) is 15.5 Å². The van der Waals surface area contributed by atoms with Gasteiger partial charge in [0.05, 0.1) is 15.8 Å². The maximum Gasteiger partial charge on any atom is 0.237 e. The van der Waals surface area contributed by atoms with Gasteiger partial charge in [0.1, 0.15) is 0 Å². The summed E-state index contributed by atoms with van der Waals surface area (Å²) in [7, 11) is 0. The van der Waals surface area contributed by atoms with Crippen LogP contribution in [0.4, 0.5) is 5.69 Å². The fourth-order valence-corrected chi connectivity index (χ4v) is 4.22. The highest BCUT2D eigenvalue weighted by Gasteiger charge is 2.21. The van der Waals surface area contributed by atoms with Crippen LogP contribution in [0.2, 0.25) is 0 Å². The number of thiophene rings is 1. The van der Waals surface area contributed by atoms with Gasteiger partial charge in [0, 0.05) is 12.1 Å². The molecule has 2 aromatic heterocycles. The Kier molecular flexibility index (Phi) is 6.08. The number of benzene rings is 1. The molecule has 0 spiro atoms. The van der Waals surface area contributed by atoms with E-state index in [0.717, 1.165) is 10.7 Å². The van der Waals surface area contributed by atoms with Crippen LogP contribution >= 0.6 is 23.1 Å². The summed E-state index contributed by atoms with van der Waals surface area (Å²) in [4.78, 5) is 25.4. The number of hydrogen-bond acceptors (Lipinski definition) is 6. The van der Waals surface area contributed by atoms with Crippen LogP contribution in [-0.4, -0.2) is 31.7 Å². The molecule has 0 aliphatic rings. The van der Waals surface area contributed by atoms with Gasteiger partial charge < -0.3 is 9.88 Å². The van der Waals surface area contributed by atoms with Crippen molar-refractivity contribution in [3.8, 4) is 10.7 Å². The smallest absolute Gasteiger partial charge is 0.237 e. The number of carbonyl (C=O) groups excluding carboxylic acids is 2. The summed E-state index contributed by atoms with van der Waals surface area (Å²) in [6.45, 7) is 6.04. The van der Waals surface area contributed by atoms with Crippen LogP contribution in [0.1, 0.15) is 31.1 Å². The summed E-state index contributed by atoms with van der Waals surface area (Å²) in [6.07, 6.45) is 0. The Labute approximate surface area is 166 Å². The van der Waals surface area contributed by atoms with E-state index in [1.165, 1.54) is 18.7 Å². The van der Waals surface area contributed by atoms with Gasteiger partial charge in [0.15, 0.2) is 16.8 Å². The molecule has 0 fully saturated rings. The number of anilines is 1. The third-order valence-corrected chi connectivity index (χ3v) is 5.94. The van der Waals surface area contributed by atoms with Gasteiger partial charge in [0.25, 0.3) is 0 Å². The number of aromatic nitrogens is 3. The Hall–Kier alpha value is -2.45. The Bertz CT molecular complexity index is 951. The fourth-order valence-electron chi connectivity index (χ4n) is 2.59. The van der Waals surface area contributed by atoms with Gasteiger partial charge in [-0.25, -0.2) is 0 Å². The van der Waals surface area contributed by atoms with Crippen molar-refractivity contribution < 1.29 is 9.59 Å². The van der Waals surface area contributed by atoms with E-state index in [1.54, 1.807) is 35.6 Å². The van der Waals surface area contributed by atoms with Crippen molar-refractivity contribution in [1.29, 1.82) is 0 Å². The predicted molar refractivity (Wildman–Crippen MR) is 109 cm³/mol. The molecule has 27 heavy (non-hydrogen) atoms. The minimum atomic E-state index is -0.393. The first-order valence-electron chi connectivity index (χ1n) is 8.55. The number of para-hydroxylation sites is 1. The summed E-state index contributed by atoms with van der Waals surface area (Å²) in [5.74, 6) is 0.541. The molecule has 0 aliphatic heterocycles. The van der Waals surface area contributed by atoms with E-state index in [0.29, 0.717) is 23.0 Å². The van der Waals surface area contributed by atoms with Crippen LogP contribution in [0, 0.1) is 0 Å². The molecule has 0 saturated carbocycles. The van der Waals surface area contributed by atoms with E-state index in [4.69, 9.17) is 0 Å². The first-order chi connectivity index (χ1) is 13.0. The highest BCUT2D eigenvalue weighted by atomic mass is 32.2. The SMILES string of the molecule is CCn1c(SC(C)C(=O)Nc2ccccc2C(C)=O)nnc1-c1cccs1. The standard InChI is InChI=1S/C19H20N4O2S2/c1-4-23-17(16-10-7-11-26-16)21-22-19(23)27-13(3)18(25)20-15-9-6-5-8-14(15)12(2)24/h5-11,13H,4H2,1-3H3,(H,20,25). The topological polar surface area (TPSA) is 76.9 Å². The average molecular weight is 401 g/mol. The summed E-state index contributed by atoms with van der Waals surface area (Å²) in [6, 6.07) is 11.0. The lowest BCUT2D eigenvalue weighted by atomic mass is 10.1. The Morgan fingerprint density at radius 2 is 2.00 bits per heavy atom. The van der Waals surface area contributed by atoms with Crippen LogP contribution < -0.4 is 5.32 Å². The summed E-state index contributed by atoms with van der Waals surface area (Å²) >= 11 is 2.96. The van der Waals surface area contributed by atoms with Crippen molar-refractivity contribution in [3.05, 3.63) is 47.3 Å². The summed E-state index contributed by atoms with van der Waals surface area (Å²) in [5.41, 5.74) is 1.03. The molecule has 0 aliphatic carbocycles. The van der Waals surface area contributed by atoms with Crippen molar-refractivity contribution in [2.45, 2.75) is 37.7 Å². The Morgan fingerprint density at radius 3 is 2.67 bits per heavy atom. The second-order valence-corrected chi connectivity index (χ2v) is 8.13. The molecule has 0 saturated heterocycles. The normalized spacial score (nSPS) is 12.0. The monoisotopic (exact) mass is 400 g/mol. The Balaban J connectivity index is 1.75. The van der Waals surface area contributed by atoms with Crippen molar-refractivity contribution >= 4 is 40.5 Å². The average Bonchev–Trinajstić information content (AvgIpc) is 3.31. The number of Topliss-reactive ketones (excluding diaryl/α,β-unsaturated/α-hetero) is 1. The zero-order valence-electron chi connectivity index (χ0n) is 15.3. The van der Waals surface area contributed by atoms with Gasteiger partial charge >= 0.3 is 0 Å². The lowest BCUT2D eigenvalue weighted by Gasteiger charge is -2.14. The third-order valence-electron chi connectivity index (χ3n) is 3.99. The highest BCUT2D eigenvalue weighted by Crippen LogP contribution is 2.29. The van der Waals surface area contributed by atoms with Crippen molar-refractivity contribution in [2.24, 2.45) is 0 Å². The maximum atomic E-state index is 12.6. The number of ketones is 1. The molecule has 1 atom stereocenters. The third kappa shape index (κ3) is 4.28. The van der Waals surface area contributed by atoms with Crippen molar-refractivity contribution in [1.82, 2.24) is 14.8 Å². The summed E-state index contributed by atoms with van der Waals surface area (Å²) in [5, 5.41) is 13.7. The first-order valence-corrected chi connectivity index (χ1v) is 10.3. The molecule has 0 bridgehead atoms. The molecule has 8 heteroatoms. The minimum Gasteiger partial charge on any atom is -0.324 e. The van der Waals surface area contributed by atoms with Gasteiger partial charge in [-0.3, -0.25) is 9.59 Å². The van der Waals surface area contributed by atoms with E-state index in [-0.39, 0.29) is 11.7 Å². The number of amides is 1. The zero-order chi connectivity index (χ0) is 19.4. The van der Waals surface area contributed by atoms with Crippen molar-refractivity contribution in [2.75, 3.05) is 5.32 Å². The maximum absolute atomic E-state index is 12.6. The number of rotatable bonds is 7. The molecule has 3 aromatic rings. The molecule has 1 amide bonds. The van der Waals surface area contributed by atoms with E-state index >= 15 is 0 Å². The quantitative estimate of drug-likeness (QED) is 0.471. The number of nitrogens with zero attached hydrogens (tertiary/aromatic N) is 3. The number of thioether (sulfide) groups is 1. The molecular formula is C19H20N4O2S2. The highest BCUT2D eigenvalue weighted by molar-refractivity contribution is 8.00. The molecular weight excluding hydrogens is 380 g/mol. The lowest BCUT2D eigenvalue weighted by Crippen LogP contribution is -2.24. The number of carbonyl (C=O) groups is 2. The van der Waals surface area contributed by atoms with Gasteiger partial charge in [-0.05, 0) is 44.4 Å². The van der Waals surface area contributed by atoms with E-state index in [9.17, 15) is 9.59 Å². The van der Waals surface area contributed by atoms with Crippen LogP contribution in [0.3, 0.4) is 0 Å². The predicted octanol–water partition coefficient (Wildman–Crippen LogP) is 4.35. The molecule has 6 nitrogen and oxygen atoms in total. The van der Waals surface area contributed by atoms with E-state index in [1.807, 2.05) is 35.9 Å². The van der Waals surface area contributed by atoms with Gasteiger partial charge in [-0.2, -0.15) is 0 Å². The molecule has 2 heterocycles. The number of hydrogen-bond donors (Lipinski definition) is 1. The summed E-state index contributed by atoms with van der Waals surface area (Å²) < 4.78 is 2.00. The molecule has 3 rings (SSSR count).